The van der Waals surface area contributed by atoms with Gasteiger partial charge in [0.05, 0.1) is 11.0 Å². The number of fused-ring (bicyclic) bond motifs is 1. The van der Waals surface area contributed by atoms with Crippen LogP contribution in [-0.2, 0) is 11.3 Å². The summed E-state index contributed by atoms with van der Waals surface area (Å²) in [6.07, 6.45) is 3.39. The van der Waals surface area contributed by atoms with Crippen molar-refractivity contribution in [1.29, 1.82) is 0 Å². The zero-order valence-corrected chi connectivity index (χ0v) is 12.8. The minimum Gasteiger partial charge on any atom is -0.385 e. The van der Waals surface area contributed by atoms with Crippen molar-refractivity contribution >= 4 is 39.2 Å². The lowest BCUT2D eigenvalue weighted by atomic mass is 10.2. The van der Waals surface area contributed by atoms with E-state index in [2.05, 4.69) is 37.6 Å². The Balaban J connectivity index is 2.10. The second-order valence-electron chi connectivity index (χ2n) is 4.30. The van der Waals surface area contributed by atoms with Gasteiger partial charge in [-0.3, -0.25) is 0 Å². The van der Waals surface area contributed by atoms with Gasteiger partial charge in [-0.05, 0) is 49.7 Å². The molecule has 1 heterocycles. The Bertz CT molecular complexity index is 576. The summed E-state index contributed by atoms with van der Waals surface area (Å²) < 4.78 is 9.10. The first kappa shape index (κ1) is 13.8. The third-order valence-electron chi connectivity index (χ3n) is 2.97. The molecule has 0 bridgehead atoms. The summed E-state index contributed by atoms with van der Waals surface area (Å²) in [5, 5.41) is 0. The predicted octanol–water partition coefficient (Wildman–Crippen LogP) is 4.28. The highest BCUT2D eigenvalue weighted by molar-refractivity contribution is 9.10. The normalized spacial score (nSPS) is 11.2. The number of benzene rings is 1. The van der Waals surface area contributed by atoms with Crippen LogP contribution in [0.5, 0.6) is 0 Å². The Morgan fingerprint density at radius 1 is 1.33 bits per heavy atom. The molecular weight excluding hydrogens is 312 g/mol. The number of hydrogen-bond acceptors (Lipinski definition) is 2. The van der Waals surface area contributed by atoms with Gasteiger partial charge in [0.2, 0.25) is 0 Å². The van der Waals surface area contributed by atoms with Crippen molar-refractivity contribution in [1.82, 2.24) is 9.55 Å². The molecule has 0 unspecified atom stereocenters. The fourth-order valence-electron chi connectivity index (χ4n) is 2.04. The first-order chi connectivity index (χ1) is 8.72. The summed E-state index contributed by atoms with van der Waals surface area (Å²) >= 11 is 8.86. The van der Waals surface area contributed by atoms with Gasteiger partial charge in [0.1, 0.15) is 0 Å². The summed E-state index contributed by atoms with van der Waals surface area (Å²) in [6.45, 7) is 1.80. The Kier molecular flexibility index (Phi) is 4.97. The molecule has 0 saturated heterocycles. The number of methoxy groups -OCH3 is 1. The van der Waals surface area contributed by atoms with Crippen LogP contribution in [0.1, 0.15) is 19.3 Å². The lowest BCUT2D eigenvalue weighted by Crippen LogP contribution is -1.99. The maximum atomic E-state index is 5.36. The highest BCUT2D eigenvalue weighted by atomic mass is 79.9. The van der Waals surface area contributed by atoms with Crippen LogP contribution < -0.4 is 0 Å². The molecule has 5 heteroatoms. The molecular formula is C13H17BrN2OS. The molecule has 98 valence electrons. The average Bonchev–Trinajstić information content (AvgIpc) is 2.65. The molecule has 0 amide bonds. The number of aromatic amines is 1. The monoisotopic (exact) mass is 328 g/mol. The van der Waals surface area contributed by atoms with Crippen molar-refractivity contribution in [2.45, 2.75) is 25.8 Å². The summed E-state index contributed by atoms with van der Waals surface area (Å²) in [5.41, 5.74) is 2.27. The molecule has 0 radical (unpaired) electrons. The lowest BCUT2D eigenvalue weighted by Gasteiger charge is -2.04. The van der Waals surface area contributed by atoms with E-state index < -0.39 is 0 Å². The predicted molar refractivity (Wildman–Crippen MR) is 80.5 cm³/mol. The SMILES string of the molecule is COCCCCCn1c(=S)[nH]c2ccc(Br)cc21. The minimum atomic E-state index is 0.801. The van der Waals surface area contributed by atoms with Gasteiger partial charge in [-0.1, -0.05) is 15.9 Å². The Morgan fingerprint density at radius 2 is 2.17 bits per heavy atom. The van der Waals surface area contributed by atoms with E-state index in [1.807, 2.05) is 6.07 Å². The van der Waals surface area contributed by atoms with Crippen molar-refractivity contribution in [2.24, 2.45) is 0 Å². The van der Waals surface area contributed by atoms with E-state index in [4.69, 9.17) is 17.0 Å². The highest BCUT2D eigenvalue weighted by Crippen LogP contribution is 2.20. The van der Waals surface area contributed by atoms with Gasteiger partial charge in [0.25, 0.3) is 0 Å². The maximum absolute atomic E-state index is 5.36. The van der Waals surface area contributed by atoms with Crippen molar-refractivity contribution < 1.29 is 4.74 Å². The summed E-state index contributed by atoms with van der Waals surface area (Å²) in [6, 6.07) is 6.18. The van der Waals surface area contributed by atoms with Crippen molar-refractivity contribution in [3.8, 4) is 0 Å². The number of imidazole rings is 1. The summed E-state index contributed by atoms with van der Waals surface area (Å²) in [7, 11) is 1.74. The van der Waals surface area contributed by atoms with E-state index in [9.17, 15) is 0 Å². The number of aromatic nitrogens is 2. The standard InChI is InChI=1S/C13H17BrN2OS/c1-17-8-4-2-3-7-16-12-9-10(14)5-6-11(12)15-13(16)18/h5-6,9H,2-4,7-8H2,1H3,(H,15,18). The number of halogens is 1. The maximum Gasteiger partial charge on any atom is 0.178 e. The van der Waals surface area contributed by atoms with Gasteiger partial charge < -0.3 is 14.3 Å². The van der Waals surface area contributed by atoms with E-state index in [1.54, 1.807) is 7.11 Å². The third-order valence-corrected chi connectivity index (χ3v) is 3.78. The number of ether oxygens (including phenoxy) is 1. The van der Waals surface area contributed by atoms with Crippen LogP contribution in [0, 0.1) is 4.77 Å². The molecule has 1 N–H and O–H groups in total. The van der Waals surface area contributed by atoms with Crippen molar-refractivity contribution in [2.75, 3.05) is 13.7 Å². The van der Waals surface area contributed by atoms with Crippen LogP contribution >= 0.6 is 28.1 Å². The number of nitrogens with zero attached hydrogens (tertiary/aromatic N) is 1. The van der Waals surface area contributed by atoms with E-state index in [-0.39, 0.29) is 0 Å². The van der Waals surface area contributed by atoms with Gasteiger partial charge in [-0.2, -0.15) is 0 Å². The quantitative estimate of drug-likeness (QED) is 0.633. The van der Waals surface area contributed by atoms with Crippen LogP contribution in [0.2, 0.25) is 0 Å². The molecule has 1 aromatic carbocycles. The Labute approximate surface area is 120 Å². The van der Waals surface area contributed by atoms with Crippen molar-refractivity contribution in [3.05, 3.63) is 27.4 Å². The zero-order valence-electron chi connectivity index (χ0n) is 10.4. The van der Waals surface area contributed by atoms with E-state index in [0.29, 0.717) is 0 Å². The second kappa shape index (κ2) is 6.50. The second-order valence-corrected chi connectivity index (χ2v) is 5.60. The lowest BCUT2D eigenvalue weighted by molar-refractivity contribution is 0.191. The smallest absolute Gasteiger partial charge is 0.178 e. The zero-order chi connectivity index (χ0) is 13.0. The first-order valence-corrected chi connectivity index (χ1v) is 7.29. The molecule has 3 nitrogen and oxygen atoms in total. The number of nitrogens with one attached hydrogen (secondary N) is 1. The van der Waals surface area contributed by atoms with Crippen LogP contribution in [0.4, 0.5) is 0 Å². The number of rotatable bonds is 6. The molecule has 2 aromatic rings. The number of H-pyrrole nitrogens is 1. The highest BCUT2D eigenvalue weighted by Gasteiger charge is 2.04. The van der Waals surface area contributed by atoms with Gasteiger partial charge in [-0.25, -0.2) is 0 Å². The summed E-state index contributed by atoms with van der Waals surface area (Å²) in [4.78, 5) is 3.24. The molecule has 0 aliphatic carbocycles. The Hall–Kier alpha value is -0.650. The number of hydrogen-bond donors (Lipinski definition) is 1. The molecule has 2 rings (SSSR count). The van der Waals surface area contributed by atoms with Gasteiger partial charge in [0.15, 0.2) is 4.77 Å². The minimum absolute atomic E-state index is 0.801. The molecule has 1 aromatic heterocycles. The van der Waals surface area contributed by atoms with Gasteiger partial charge in [-0.15, -0.1) is 0 Å². The van der Waals surface area contributed by atoms with Crippen LogP contribution in [0.25, 0.3) is 11.0 Å². The molecule has 0 aliphatic rings. The van der Waals surface area contributed by atoms with E-state index >= 15 is 0 Å². The fraction of sp³-hybridized carbons (Fsp3) is 0.462. The topological polar surface area (TPSA) is 29.9 Å². The number of aryl methyl sites for hydroxylation is 1. The molecule has 18 heavy (non-hydrogen) atoms. The summed E-state index contributed by atoms with van der Waals surface area (Å²) in [5.74, 6) is 0. The molecule has 0 saturated carbocycles. The fourth-order valence-corrected chi connectivity index (χ4v) is 2.69. The number of unbranched alkanes of at least 4 members (excludes halogenated alkanes) is 2. The van der Waals surface area contributed by atoms with Crippen LogP contribution in [0.3, 0.4) is 0 Å². The van der Waals surface area contributed by atoms with Crippen molar-refractivity contribution in [3.63, 3.8) is 0 Å². The largest absolute Gasteiger partial charge is 0.385 e. The first-order valence-electron chi connectivity index (χ1n) is 6.09. The van der Waals surface area contributed by atoms with Crippen LogP contribution in [-0.4, -0.2) is 23.3 Å². The third kappa shape index (κ3) is 3.22. The molecule has 0 fully saturated rings. The molecule has 0 atom stereocenters. The van der Waals surface area contributed by atoms with Gasteiger partial charge >= 0.3 is 0 Å². The van der Waals surface area contributed by atoms with E-state index in [1.165, 1.54) is 5.52 Å². The van der Waals surface area contributed by atoms with E-state index in [0.717, 1.165) is 47.2 Å². The van der Waals surface area contributed by atoms with Gasteiger partial charge in [0, 0.05) is 24.7 Å². The van der Waals surface area contributed by atoms with Crippen LogP contribution in [0.15, 0.2) is 22.7 Å². The molecule has 0 spiro atoms. The molecule has 0 aliphatic heterocycles. The Morgan fingerprint density at radius 3 is 2.94 bits per heavy atom. The average molecular weight is 329 g/mol.